The topological polar surface area (TPSA) is 95.9 Å². The molecule has 0 spiro atoms. The fourth-order valence-corrected chi connectivity index (χ4v) is 4.57. The highest BCUT2D eigenvalue weighted by atomic mass is 35.5. The molecular formula is C26H24ClNO5. The van der Waals surface area contributed by atoms with E-state index < -0.39 is 18.1 Å². The molecule has 0 aromatic heterocycles. The molecule has 0 aliphatic heterocycles. The number of amides is 1. The van der Waals surface area contributed by atoms with Gasteiger partial charge in [0.1, 0.15) is 12.4 Å². The molecule has 0 heterocycles. The summed E-state index contributed by atoms with van der Waals surface area (Å²) >= 11 is 6.20. The summed E-state index contributed by atoms with van der Waals surface area (Å²) in [5.74, 6) is -1.05. The summed E-state index contributed by atoms with van der Waals surface area (Å²) in [6.07, 6.45) is -0.425. The predicted molar refractivity (Wildman–Crippen MR) is 126 cm³/mol. The number of alkyl carbamates (subject to hydrolysis) is 1. The summed E-state index contributed by atoms with van der Waals surface area (Å²) in [7, 11) is 0. The van der Waals surface area contributed by atoms with E-state index >= 15 is 0 Å². The summed E-state index contributed by atoms with van der Waals surface area (Å²) in [6, 6.07) is 20.3. The number of aromatic hydroxyl groups is 1. The summed E-state index contributed by atoms with van der Waals surface area (Å²) < 4.78 is 5.58. The Morgan fingerprint density at radius 1 is 0.970 bits per heavy atom. The lowest BCUT2D eigenvalue weighted by Gasteiger charge is -2.20. The number of ether oxygens (including phenoxy) is 1. The summed E-state index contributed by atoms with van der Waals surface area (Å²) in [5, 5.41) is 22.3. The van der Waals surface area contributed by atoms with E-state index in [1.54, 1.807) is 12.1 Å². The van der Waals surface area contributed by atoms with Gasteiger partial charge >= 0.3 is 12.1 Å². The van der Waals surface area contributed by atoms with E-state index in [0.717, 1.165) is 22.3 Å². The minimum Gasteiger partial charge on any atom is -0.508 e. The molecule has 1 aliphatic carbocycles. The number of carbonyl (C=O) groups is 2. The van der Waals surface area contributed by atoms with Gasteiger partial charge in [0.05, 0.1) is 0 Å². The van der Waals surface area contributed by atoms with E-state index in [2.05, 4.69) is 17.4 Å². The van der Waals surface area contributed by atoms with Gasteiger partial charge in [0, 0.05) is 29.0 Å². The average molecular weight is 466 g/mol. The highest BCUT2D eigenvalue weighted by Gasteiger charge is 2.29. The van der Waals surface area contributed by atoms with E-state index in [1.165, 1.54) is 6.07 Å². The van der Waals surface area contributed by atoms with Crippen LogP contribution in [-0.4, -0.2) is 34.9 Å². The van der Waals surface area contributed by atoms with Gasteiger partial charge in [-0.15, -0.1) is 0 Å². The molecule has 3 aromatic carbocycles. The summed E-state index contributed by atoms with van der Waals surface area (Å²) in [6.45, 7) is 0.156. The number of nitrogens with one attached hydrogen (secondary N) is 1. The Bertz CT molecular complexity index is 1110. The second kappa shape index (κ2) is 9.96. The molecule has 7 heteroatoms. The van der Waals surface area contributed by atoms with Crippen LogP contribution in [0, 0.1) is 0 Å². The van der Waals surface area contributed by atoms with Crippen molar-refractivity contribution < 1.29 is 24.5 Å². The van der Waals surface area contributed by atoms with Gasteiger partial charge in [0.15, 0.2) is 0 Å². The molecule has 1 aliphatic rings. The predicted octanol–water partition coefficient (Wildman–Crippen LogP) is 5.36. The Hall–Kier alpha value is -3.51. The molecule has 4 rings (SSSR count). The van der Waals surface area contributed by atoms with Crippen LogP contribution in [0.2, 0.25) is 5.02 Å². The maximum Gasteiger partial charge on any atom is 0.407 e. The second-order valence-electron chi connectivity index (χ2n) is 8.04. The zero-order valence-electron chi connectivity index (χ0n) is 17.8. The van der Waals surface area contributed by atoms with Crippen LogP contribution in [-0.2, 0) is 16.0 Å². The SMILES string of the molecule is O=C(O)CCC(Cc1c(O)cccc1Cl)NC(=O)OCC1c2ccccc2-c2ccccc21. The monoisotopic (exact) mass is 465 g/mol. The fourth-order valence-electron chi connectivity index (χ4n) is 4.33. The highest BCUT2D eigenvalue weighted by Crippen LogP contribution is 2.44. The maximum absolute atomic E-state index is 12.7. The number of phenolic OH excluding ortho intramolecular Hbond substituents is 1. The van der Waals surface area contributed by atoms with Gasteiger partial charge in [-0.05, 0) is 47.2 Å². The number of benzene rings is 3. The number of aliphatic carboxylic acids is 1. The molecule has 1 amide bonds. The number of hydrogen-bond donors (Lipinski definition) is 3. The van der Waals surface area contributed by atoms with Gasteiger partial charge < -0.3 is 20.3 Å². The van der Waals surface area contributed by atoms with Crippen LogP contribution in [0.1, 0.15) is 35.4 Å². The van der Waals surface area contributed by atoms with Crippen molar-refractivity contribution in [2.75, 3.05) is 6.61 Å². The van der Waals surface area contributed by atoms with Crippen molar-refractivity contribution in [2.24, 2.45) is 0 Å². The molecule has 170 valence electrons. The largest absolute Gasteiger partial charge is 0.508 e. The van der Waals surface area contributed by atoms with Crippen LogP contribution in [0.15, 0.2) is 66.7 Å². The van der Waals surface area contributed by atoms with Gasteiger partial charge in [-0.3, -0.25) is 4.79 Å². The second-order valence-corrected chi connectivity index (χ2v) is 8.45. The smallest absolute Gasteiger partial charge is 0.407 e. The van der Waals surface area contributed by atoms with Crippen molar-refractivity contribution in [3.05, 3.63) is 88.4 Å². The van der Waals surface area contributed by atoms with Crippen LogP contribution in [0.3, 0.4) is 0 Å². The third-order valence-electron chi connectivity index (χ3n) is 5.92. The molecular weight excluding hydrogens is 442 g/mol. The van der Waals surface area contributed by atoms with E-state index in [-0.39, 0.29) is 37.5 Å². The van der Waals surface area contributed by atoms with Crippen molar-refractivity contribution in [2.45, 2.75) is 31.2 Å². The molecule has 0 saturated carbocycles. The minimum absolute atomic E-state index is 0.00263. The first kappa shape index (κ1) is 22.7. The Balaban J connectivity index is 1.45. The lowest BCUT2D eigenvalue weighted by Crippen LogP contribution is -2.38. The van der Waals surface area contributed by atoms with Crippen LogP contribution >= 0.6 is 11.6 Å². The molecule has 0 bridgehead atoms. The van der Waals surface area contributed by atoms with E-state index in [1.807, 2.05) is 36.4 Å². The van der Waals surface area contributed by atoms with Gasteiger partial charge in [-0.2, -0.15) is 0 Å². The molecule has 3 aromatic rings. The minimum atomic E-state index is -0.974. The number of halogens is 1. The van der Waals surface area contributed by atoms with Crippen LogP contribution in [0.25, 0.3) is 11.1 Å². The lowest BCUT2D eigenvalue weighted by molar-refractivity contribution is -0.137. The maximum atomic E-state index is 12.7. The van der Waals surface area contributed by atoms with Gasteiger partial charge in [-0.1, -0.05) is 66.2 Å². The Morgan fingerprint density at radius 3 is 2.21 bits per heavy atom. The highest BCUT2D eigenvalue weighted by molar-refractivity contribution is 6.31. The third-order valence-corrected chi connectivity index (χ3v) is 6.27. The van der Waals surface area contributed by atoms with Crippen molar-refractivity contribution in [1.29, 1.82) is 0 Å². The van der Waals surface area contributed by atoms with Gasteiger partial charge in [0.2, 0.25) is 0 Å². The number of hydrogen-bond acceptors (Lipinski definition) is 4. The number of fused-ring (bicyclic) bond motifs is 3. The standard InChI is InChI=1S/C26H24ClNO5/c27-23-10-5-11-24(29)21(23)14-16(12-13-25(30)31)28-26(32)33-15-22-19-8-3-1-6-17(19)18-7-2-4-9-20(18)22/h1-11,16,22,29H,12-15H2,(H,28,32)(H,30,31). The van der Waals surface area contributed by atoms with Gasteiger partial charge in [-0.25, -0.2) is 4.79 Å². The first-order valence-corrected chi connectivity index (χ1v) is 11.1. The lowest BCUT2D eigenvalue weighted by atomic mass is 9.98. The Kier molecular flexibility index (Phi) is 6.84. The summed E-state index contributed by atoms with van der Waals surface area (Å²) in [4.78, 5) is 23.8. The number of carbonyl (C=O) groups excluding carboxylic acids is 1. The fraction of sp³-hybridized carbons (Fsp3) is 0.231. The van der Waals surface area contributed by atoms with Crippen molar-refractivity contribution in [3.63, 3.8) is 0 Å². The Morgan fingerprint density at radius 2 is 1.61 bits per heavy atom. The van der Waals surface area contributed by atoms with E-state index in [4.69, 9.17) is 21.4 Å². The Labute approximate surface area is 196 Å². The first-order chi connectivity index (χ1) is 15.9. The van der Waals surface area contributed by atoms with Crippen molar-refractivity contribution in [3.8, 4) is 16.9 Å². The summed E-state index contributed by atoms with van der Waals surface area (Å²) in [5.41, 5.74) is 4.93. The molecule has 1 atom stereocenters. The zero-order valence-corrected chi connectivity index (χ0v) is 18.6. The van der Waals surface area contributed by atoms with Crippen molar-refractivity contribution in [1.82, 2.24) is 5.32 Å². The number of carboxylic acid groups (broad SMARTS) is 1. The zero-order chi connectivity index (χ0) is 23.4. The van der Waals surface area contributed by atoms with Crippen LogP contribution in [0.4, 0.5) is 4.79 Å². The molecule has 0 radical (unpaired) electrons. The van der Waals surface area contributed by atoms with E-state index in [9.17, 15) is 14.7 Å². The van der Waals surface area contributed by atoms with Crippen LogP contribution < -0.4 is 5.32 Å². The molecule has 0 fully saturated rings. The quantitative estimate of drug-likeness (QED) is 0.416. The normalized spacial score (nSPS) is 13.1. The number of phenols is 1. The molecule has 0 saturated heterocycles. The first-order valence-electron chi connectivity index (χ1n) is 10.7. The van der Waals surface area contributed by atoms with E-state index in [0.29, 0.717) is 10.6 Å². The van der Waals surface area contributed by atoms with Crippen LogP contribution in [0.5, 0.6) is 5.75 Å². The number of carboxylic acids is 1. The van der Waals surface area contributed by atoms with Crippen molar-refractivity contribution >= 4 is 23.7 Å². The number of rotatable bonds is 8. The average Bonchev–Trinajstić information content (AvgIpc) is 3.12. The van der Waals surface area contributed by atoms with Gasteiger partial charge in [0.25, 0.3) is 0 Å². The molecule has 1 unspecified atom stereocenters. The molecule has 33 heavy (non-hydrogen) atoms. The molecule has 6 nitrogen and oxygen atoms in total. The third kappa shape index (κ3) is 5.12. The molecule has 3 N–H and O–H groups in total.